The van der Waals surface area contributed by atoms with Gasteiger partial charge in [0.2, 0.25) is 0 Å². The fourth-order valence-corrected chi connectivity index (χ4v) is 4.27. The highest BCUT2D eigenvalue weighted by atomic mass is 16.5. The summed E-state index contributed by atoms with van der Waals surface area (Å²) in [6.45, 7) is 5.55. The maximum absolute atomic E-state index is 6.37. The Morgan fingerprint density at radius 2 is 2.11 bits per heavy atom. The molecule has 1 saturated carbocycles. The van der Waals surface area contributed by atoms with Crippen LogP contribution in [0, 0.1) is 17.8 Å². The van der Waals surface area contributed by atoms with E-state index < -0.39 is 0 Å². The van der Waals surface area contributed by atoms with Crippen molar-refractivity contribution in [3.63, 3.8) is 0 Å². The molecule has 96 valence electrons. The first-order valence-corrected chi connectivity index (χ1v) is 7.07. The average molecular weight is 244 g/mol. The molecule has 1 aromatic carbocycles. The minimum atomic E-state index is -0.0324. The minimum absolute atomic E-state index is 0.0324. The van der Waals surface area contributed by atoms with Crippen molar-refractivity contribution in [3.8, 4) is 5.75 Å². The van der Waals surface area contributed by atoms with Crippen LogP contribution in [0.2, 0.25) is 0 Å². The van der Waals surface area contributed by atoms with Crippen molar-refractivity contribution < 1.29 is 9.47 Å². The molecule has 0 aromatic heterocycles. The van der Waals surface area contributed by atoms with E-state index in [0.29, 0.717) is 11.8 Å². The summed E-state index contributed by atoms with van der Waals surface area (Å²) in [4.78, 5) is 0. The van der Waals surface area contributed by atoms with Gasteiger partial charge in [0.05, 0.1) is 12.7 Å². The van der Waals surface area contributed by atoms with Crippen LogP contribution < -0.4 is 4.74 Å². The van der Waals surface area contributed by atoms with Crippen LogP contribution in [0.4, 0.5) is 0 Å². The first-order chi connectivity index (χ1) is 8.67. The summed E-state index contributed by atoms with van der Waals surface area (Å²) in [5.74, 6) is 3.00. The number of benzene rings is 1. The molecule has 0 amide bonds. The summed E-state index contributed by atoms with van der Waals surface area (Å²) >= 11 is 0. The van der Waals surface area contributed by atoms with Crippen molar-refractivity contribution in [1.29, 1.82) is 0 Å². The third-order valence-electron chi connectivity index (χ3n) is 5.30. The molecule has 0 spiro atoms. The van der Waals surface area contributed by atoms with Crippen molar-refractivity contribution in [2.24, 2.45) is 17.8 Å². The van der Waals surface area contributed by atoms with Crippen molar-refractivity contribution in [1.82, 2.24) is 0 Å². The lowest BCUT2D eigenvalue weighted by molar-refractivity contribution is -0.184. The standard InChI is InChI=1S/C16H20O2/c1-10-8-16(2)13-7-11(10)9-17-15(13)12-5-3-4-6-14(12)18-16/h3-6,10-11,13,15H,7-9H2,1-2H3/t10?,11-,13?,15+,16?/m0/s1. The summed E-state index contributed by atoms with van der Waals surface area (Å²) in [6.07, 6.45) is 2.68. The van der Waals surface area contributed by atoms with Gasteiger partial charge < -0.3 is 9.47 Å². The van der Waals surface area contributed by atoms with Gasteiger partial charge in [0.15, 0.2) is 0 Å². The molecule has 1 aliphatic carbocycles. The second-order valence-electron chi connectivity index (χ2n) is 6.49. The predicted octanol–water partition coefficient (Wildman–Crippen LogP) is 3.57. The van der Waals surface area contributed by atoms with Crippen LogP contribution in [0.15, 0.2) is 24.3 Å². The van der Waals surface area contributed by atoms with Crippen molar-refractivity contribution in [2.45, 2.75) is 38.4 Å². The number of ether oxygens (including phenoxy) is 2. The largest absolute Gasteiger partial charge is 0.487 e. The zero-order valence-corrected chi connectivity index (χ0v) is 11.1. The molecule has 2 heteroatoms. The molecule has 1 aromatic rings. The van der Waals surface area contributed by atoms with Gasteiger partial charge in [0.25, 0.3) is 0 Å². The Bertz CT molecular complexity index is 484. The van der Waals surface area contributed by atoms with E-state index in [-0.39, 0.29) is 11.7 Å². The van der Waals surface area contributed by atoms with Crippen molar-refractivity contribution in [2.75, 3.05) is 6.61 Å². The van der Waals surface area contributed by atoms with Gasteiger partial charge >= 0.3 is 0 Å². The molecular weight excluding hydrogens is 224 g/mol. The number of para-hydroxylation sites is 1. The Labute approximate surface area is 108 Å². The van der Waals surface area contributed by atoms with Gasteiger partial charge in [-0.15, -0.1) is 0 Å². The second-order valence-corrected chi connectivity index (χ2v) is 6.49. The molecule has 0 N–H and O–H groups in total. The van der Waals surface area contributed by atoms with E-state index in [0.717, 1.165) is 24.7 Å². The monoisotopic (exact) mass is 244 g/mol. The molecule has 2 nitrogen and oxygen atoms in total. The topological polar surface area (TPSA) is 18.5 Å². The van der Waals surface area contributed by atoms with E-state index in [1.807, 2.05) is 0 Å². The molecule has 5 atom stereocenters. The zero-order chi connectivity index (χ0) is 12.3. The number of fused-ring (bicyclic) bond motifs is 3. The fourth-order valence-electron chi connectivity index (χ4n) is 4.27. The highest BCUT2D eigenvalue weighted by molar-refractivity contribution is 5.39. The SMILES string of the molecule is CC1CC2(C)Oc3ccccc3[C@H]3OC[C@@H]1CC32. The first kappa shape index (κ1) is 10.9. The summed E-state index contributed by atoms with van der Waals surface area (Å²) < 4.78 is 12.6. The Morgan fingerprint density at radius 3 is 3.00 bits per heavy atom. The lowest BCUT2D eigenvalue weighted by atomic mass is 9.62. The van der Waals surface area contributed by atoms with Crippen LogP contribution >= 0.6 is 0 Å². The lowest BCUT2D eigenvalue weighted by Gasteiger charge is -2.55. The average Bonchev–Trinajstić information content (AvgIpc) is 2.37. The Balaban J connectivity index is 1.83. The Hall–Kier alpha value is -1.02. The maximum atomic E-state index is 6.37. The number of hydrogen-bond acceptors (Lipinski definition) is 2. The van der Waals surface area contributed by atoms with Crippen LogP contribution in [0.25, 0.3) is 0 Å². The molecule has 2 fully saturated rings. The third-order valence-corrected chi connectivity index (χ3v) is 5.30. The van der Waals surface area contributed by atoms with Gasteiger partial charge in [-0.25, -0.2) is 0 Å². The Kier molecular flexibility index (Phi) is 2.12. The molecule has 0 radical (unpaired) electrons. The van der Waals surface area contributed by atoms with Gasteiger partial charge in [0.1, 0.15) is 11.4 Å². The maximum Gasteiger partial charge on any atom is 0.125 e. The minimum Gasteiger partial charge on any atom is -0.487 e. The van der Waals surface area contributed by atoms with E-state index in [4.69, 9.17) is 9.47 Å². The highest BCUT2D eigenvalue weighted by Gasteiger charge is 2.54. The molecule has 2 bridgehead atoms. The first-order valence-electron chi connectivity index (χ1n) is 7.07. The van der Waals surface area contributed by atoms with Gasteiger partial charge in [0, 0.05) is 11.5 Å². The molecule has 2 aliphatic heterocycles. The zero-order valence-electron chi connectivity index (χ0n) is 11.1. The van der Waals surface area contributed by atoms with Crippen LogP contribution in [0.1, 0.15) is 38.4 Å². The third kappa shape index (κ3) is 1.33. The van der Waals surface area contributed by atoms with E-state index in [1.165, 1.54) is 12.0 Å². The van der Waals surface area contributed by atoms with Crippen LogP contribution in [-0.4, -0.2) is 12.2 Å². The summed E-state index contributed by atoms with van der Waals surface area (Å²) in [5.41, 5.74) is 1.23. The molecule has 1 saturated heterocycles. The number of hydrogen-bond donors (Lipinski definition) is 0. The van der Waals surface area contributed by atoms with Crippen LogP contribution in [-0.2, 0) is 4.74 Å². The van der Waals surface area contributed by atoms with E-state index >= 15 is 0 Å². The summed E-state index contributed by atoms with van der Waals surface area (Å²) in [7, 11) is 0. The molecule has 3 unspecified atom stereocenters. The van der Waals surface area contributed by atoms with Crippen LogP contribution in [0.5, 0.6) is 5.75 Å². The highest BCUT2D eigenvalue weighted by Crippen LogP contribution is 2.56. The van der Waals surface area contributed by atoms with Crippen LogP contribution in [0.3, 0.4) is 0 Å². The fraction of sp³-hybridized carbons (Fsp3) is 0.625. The lowest BCUT2D eigenvalue weighted by Crippen LogP contribution is -2.56. The van der Waals surface area contributed by atoms with Gasteiger partial charge in [-0.05, 0) is 37.7 Å². The molecule has 18 heavy (non-hydrogen) atoms. The molecule has 3 aliphatic rings. The molecule has 4 rings (SSSR count). The van der Waals surface area contributed by atoms with Crippen molar-refractivity contribution >= 4 is 0 Å². The quantitative estimate of drug-likeness (QED) is 0.694. The second kappa shape index (κ2) is 3.51. The van der Waals surface area contributed by atoms with Gasteiger partial charge in [-0.1, -0.05) is 25.1 Å². The van der Waals surface area contributed by atoms with E-state index in [1.54, 1.807) is 0 Å². The van der Waals surface area contributed by atoms with Gasteiger partial charge in [-0.3, -0.25) is 0 Å². The summed E-state index contributed by atoms with van der Waals surface area (Å²) in [6, 6.07) is 8.40. The summed E-state index contributed by atoms with van der Waals surface area (Å²) in [5, 5.41) is 0. The smallest absolute Gasteiger partial charge is 0.125 e. The van der Waals surface area contributed by atoms with Crippen molar-refractivity contribution in [3.05, 3.63) is 29.8 Å². The van der Waals surface area contributed by atoms with E-state index in [9.17, 15) is 0 Å². The molecule has 2 heterocycles. The Morgan fingerprint density at radius 1 is 1.28 bits per heavy atom. The van der Waals surface area contributed by atoms with Gasteiger partial charge in [-0.2, -0.15) is 0 Å². The van der Waals surface area contributed by atoms with E-state index in [2.05, 4.69) is 38.1 Å². The predicted molar refractivity (Wildman–Crippen MR) is 69.5 cm³/mol. The number of rotatable bonds is 0. The molecular formula is C16H20O2. The normalized spacial score (nSPS) is 45.0.